The highest BCUT2D eigenvalue weighted by Gasteiger charge is 2.22. The Hall–Kier alpha value is -3.03. The zero-order valence-corrected chi connectivity index (χ0v) is 18.6. The summed E-state index contributed by atoms with van der Waals surface area (Å²) in [6, 6.07) is 11.3. The number of esters is 1. The van der Waals surface area contributed by atoms with Gasteiger partial charge in [-0.1, -0.05) is 40.5 Å². The van der Waals surface area contributed by atoms with E-state index in [2.05, 4.69) is 10.5 Å². The van der Waals surface area contributed by atoms with E-state index < -0.39 is 18.0 Å². The zero-order valence-electron chi connectivity index (χ0n) is 17.1. The van der Waals surface area contributed by atoms with E-state index in [1.807, 2.05) is 6.92 Å². The first-order valence-corrected chi connectivity index (χ1v) is 10.1. The number of carbonyl (C=O) groups is 2. The van der Waals surface area contributed by atoms with Gasteiger partial charge in [0.05, 0.1) is 22.0 Å². The monoisotopic (exact) mass is 462 g/mol. The Bertz CT molecular complexity index is 1090. The van der Waals surface area contributed by atoms with Crippen molar-refractivity contribution in [3.8, 4) is 5.75 Å². The number of aromatic nitrogens is 1. The summed E-state index contributed by atoms with van der Waals surface area (Å²) in [5.41, 5.74) is 2.07. The van der Waals surface area contributed by atoms with E-state index in [0.717, 1.165) is 5.56 Å². The number of benzene rings is 2. The molecule has 3 rings (SSSR count). The summed E-state index contributed by atoms with van der Waals surface area (Å²) < 4.78 is 16.2. The van der Waals surface area contributed by atoms with Gasteiger partial charge in [-0.25, -0.2) is 4.79 Å². The molecule has 0 fully saturated rings. The molecular formula is C22H20Cl2N2O5. The first kappa shape index (κ1) is 22.7. The van der Waals surface area contributed by atoms with Gasteiger partial charge in [0.15, 0.2) is 6.10 Å². The second-order valence-corrected chi connectivity index (χ2v) is 7.59. The van der Waals surface area contributed by atoms with Gasteiger partial charge in [-0.2, -0.15) is 0 Å². The predicted octanol–water partition coefficient (Wildman–Crippen LogP) is 5.36. The molecule has 3 aromatic rings. The lowest BCUT2D eigenvalue weighted by molar-refractivity contribution is -0.123. The molecule has 0 radical (unpaired) electrons. The van der Waals surface area contributed by atoms with Crippen LogP contribution in [0.5, 0.6) is 5.75 Å². The second-order valence-electron chi connectivity index (χ2n) is 6.75. The maximum absolute atomic E-state index is 12.7. The number of hydrogen-bond donors (Lipinski definition) is 1. The van der Waals surface area contributed by atoms with Gasteiger partial charge in [0, 0.05) is 5.02 Å². The van der Waals surface area contributed by atoms with Crippen molar-refractivity contribution in [2.45, 2.75) is 33.5 Å². The highest BCUT2D eigenvalue weighted by atomic mass is 35.5. The number of nitrogens with one attached hydrogen (secondary N) is 1. The molecule has 9 heteroatoms. The molecule has 1 amide bonds. The summed E-state index contributed by atoms with van der Waals surface area (Å²) in [7, 11) is 0. The van der Waals surface area contributed by atoms with Crippen LogP contribution in [0, 0.1) is 13.8 Å². The van der Waals surface area contributed by atoms with Crippen molar-refractivity contribution >= 4 is 40.8 Å². The number of ether oxygens (including phenoxy) is 2. The summed E-state index contributed by atoms with van der Waals surface area (Å²) in [6.45, 7) is 5.23. The predicted molar refractivity (Wildman–Crippen MR) is 117 cm³/mol. The molecule has 0 aliphatic carbocycles. The Morgan fingerprint density at radius 1 is 1.16 bits per heavy atom. The van der Waals surface area contributed by atoms with Crippen LogP contribution < -0.4 is 10.1 Å². The average molecular weight is 463 g/mol. The molecule has 2 aromatic carbocycles. The van der Waals surface area contributed by atoms with Gasteiger partial charge in [-0.05, 0) is 51.1 Å². The van der Waals surface area contributed by atoms with Crippen molar-refractivity contribution in [1.82, 2.24) is 5.16 Å². The minimum Gasteiger partial charge on any atom is -0.488 e. The molecule has 0 bridgehead atoms. The van der Waals surface area contributed by atoms with Gasteiger partial charge in [0.2, 0.25) is 0 Å². The Morgan fingerprint density at radius 2 is 1.90 bits per heavy atom. The first-order valence-electron chi connectivity index (χ1n) is 9.36. The Morgan fingerprint density at radius 3 is 2.58 bits per heavy atom. The van der Waals surface area contributed by atoms with Gasteiger partial charge < -0.3 is 19.3 Å². The molecule has 7 nitrogen and oxygen atoms in total. The molecule has 0 saturated heterocycles. The van der Waals surface area contributed by atoms with Gasteiger partial charge >= 0.3 is 5.97 Å². The minimum absolute atomic E-state index is 0.177. The topological polar surface area (TPSA) is 90.7 Å². The average Bonchev–Trinajstić information content (AvgIpc) is 3.06. The molecule has 0 aliphatic rings. The number of halogens is 2. The number of anilines is 1. The van der Waals surface area contributed by atoms with Crippen LogP contribution in [0.1, 0.15) is 34.3 Å². The lowest BCUT2D eigenvalue weighted by Crippen LogP contribution is -2.30. The number of para-hydroxylation sites is 1. The maximum Gasteiger partial charge on any atom is 0.342 e. The molecule has 1 unspecified atom stereocenters. The SMILES string of the molecule is Cc1noc(C)c1COc1ccccc1C(=O)OC(C)C(=O)Nc1ccc(Cl)cc1Cl. The highest BCUT2D eigenvalue weighted by Crippen LogP contribution is 2.26. The van der Waals surface area contributed by atoms with Gasteiger partial charge in [-0.15, -0.1) is 0 Å². The van der Waals surface area contributed by atoms with Crippen LogP contribution in [-0.4, -0.2) is 23.1 Å². The van der Waals surface area contributed by atoms with E-state index in [1.165, 1.54) is 13.0 Å². The van der Waals surface area contributed by atoms with Crippen LogP contribution in [0.3, 0.4) is 0 Å². The van der Waals surface area contributed by atoms with Crippen LogP contribution in [0.4, 0.5) is 5.69 Å². The van der Waals surface area contributed by atoms with E-state index in [1.54, 1.807) is 43.3 Å². The van der Waals surface area contributed by atoms with E-state index in [-0.39, 0.29) is 17.2 Å². The van der Waals surface area contributed by atoms with Crippen molar-refractivity contribution in [2.75, 3.05) is 5.32 Å². The number of aryl methyl sites for hydroxylation is 2. The summed E-state index contributed by atoms with van der Waals surface area (Å²) in [6.07, 6.45) is -1.07. The third-order valence-electron chi connectivity index (χ3n) is 4.50. The molecule has 1 heterocycles. The Labute approximate surface area is 189 Å². The molecule has 0 aliphatic heterocycles. The summed E-state index contributed by atoms with van der Waals surface area (Å²) in [5, 5.41) is 7.21. The van der Waals surface area contributed by atoms with Crippen molar-refractivity contribution in [2.24, 2.45) is 0 Å². The highest BCUT2D eigenvalue weighted by molar-refractivity contribution is 6.36. The number of rotatable bonds is 7. The van der Waals surface area contributed by atoms with Crippen LogP contribution >= 0.6 is 23.2 Å². The summed E-state index contributed by atoms with van der Waals surface area (Å²) in [4.78, 5) is 25.1. The normalized spacial score (nSPS) is 11.6. The van der Waals surface area contributed by atoms with Gasteiger partial charge in [0.25, 0.3) is 5.91 Å². The van der Waals surface area contributed by atoms with E-state index in [4.69, 9.17) is 37.2 Å². The molecule has 0 spiro atoms. The third kappa shape index (κ3) is 5.57. The fourth-order valence-electron chi connectivity index (χ4n) is 2.72. The number of nitrogens with zero attached hydrogens (tertiary/aromatic N) is 1. The smallest absolute Gasteiger partial charge is 0.342 e. The van der Waals surface area contributed by atoms with Gasteiger partial charge in [0.1, 0.15) is 23.7 Å². The number of hydrogen-bond acceptors (Lipinski definition) is 6. The molecule has 1 aromatic heterocycles. The lowest BCUT2D eigenvalue weighted by atomic mass is 10.2. The standard InChI is InChI=1S/C22H20Cl2N2O5/c1-12-17(13(2)31-26-12)11-29-20-7-5-4-6-16(20)22(28)30-14(3)21(27)25-19-9-8-15(23)10-18(19)24/h4-10,14H,11H2,1-3H3,(H,25,27). The molecule has 0 saturated carbocycles. The number of carbonyl (C=O) groups excluding carboxylic acids is 2. The molecule has 1 N–H and O–H groups in total. The minimum atomic E-state index is -1.07. The lowest BCUT2D eigenvalue weighted by Gasteiger charge is -2.16. The maximum atomic E-state index is 12.7. The number of amides is 1. The van der Waals surface area contributed by atoms with Crippen LogP contribution in [0.2, 0.25) is 10.0 Å². The summed E-state index contributed by atoms with van der Waals surface area (Å²) >= 11 is 11.9. The molecule has 1 atom stereocenters. The van der Waals surface area contributed by atoms with Crippen molar-refractivity contribution in [3.05, 3.63) is 75.1 Å². The first-order chi connectivity index (χ1) is 14.8. The van der Waals surface area contributed by atoms with Crippen LogP contribution in [0.15, 0.2) is 47.0 Å². The van der Waals surface area contributed by atoms with Crippen molar-refractivity contribution in [1.29, 1.82) is 0 Å². The van der Waals surface area contributed by atoms with Gasteiger partial charge in [-0.3, -0.25) is 4.79 Å². The largest absolute Gasteiger partial charge is 0.488 e. The molecular weight excluding hydrogens is 443 g/mol. The Balaban J connectivity index is 1.66. The fourth-order valence-corrected chi connectivity index (χ4v) is 3.18. The summed E-state index contributed by atoms with van der Waals surface area (Å²) in [5.74, 6) is -0.268. The second kappa shape index (κ2) is 9.85. The zero-order chi connectivity index (χ0) is 22.5. The fraction of sp³-hybridized carbons (Fsp3) is 0.227. The quantitative estimate of drug-likeness (QED) is 0.475. The Kier molecular flexibility index (Phi) is 7.20. The molecule has 162 valence electrons. The van der Waals surface area contributed by atoms with Crippen molar-refractivity contribution in [3.63, 3.8) is 0 Å². The van der Waals surface area contributed by atoms with E-state index in [0.29, 0.717) is 27.9 Å². The van der Waals surface area contributed by atoms with Crippen LogP contribution in [-0.2, 0) is 16.1 Å². The van der Waals surface area contributed by atoms with E-state index in [9.17, 15) is 9.59 Å². The van der Waals surface area contributed by atoms with E-state index >= 15 is 0 Å². The third-order valence-corrected chi connectivity index (χ3v) is 5.05. The molecule has 31 heavy (non-hydrogen) atoms. The van der Waals surface area contributed by atoms with Crippen molar-refractivity contribution < 1.29 is 23.6 Å². The van der Waals surface area contributed by atoms with Crippen LogP contribution in [0.25, 0.3) is 0 Å².